The third kappa shape index (κ3) is 4.84. The van der Waals surface area contributed by atoms with E-state index in [0.717, 1.165) is 0 Å². The van der Waals surface area contributed by atoms with Crippen LogP contribution >= 0.6 is 0 Å². The molecule has 1 rings (SSSR count). The number of hydrogen-bond donors (Lipinski definition) is 2. The highest BCUT2D eigenvalue weighted by molar-refractivity contribution is 5.56. The zero-order valence-corrected chi connectivity index (χ0v) is 13.4. The van der Waals surface area contributed by atoms with Crippen LogP contribution in [0.2, 0.25) is 0 Å². The first-order valence-corrected chi connectivity index (χ1v) is 7.35. The molecule has 7 heteroatoms. The van der Waals surface area contributed by atoms with Crippen LogP contribution in [0.4, 0.5) is 17.5 Å². The van der Waals surface area contributed by atoms with Gasteiger partial charge in [0.15, 0.2) is 0 Å². The van der Waals surface area contributed by atoms with E-state index >= 15 is 0 Å². The largest absolute Gasteiger partial charge is 0.364 e. The molecule has 0 spiro atoms. The molecule has 118 valence electrons. The highest BCUT2D eigenvalue weighted by Gasteiger charge is 2.21. The van der Waals surface area contributed by atoms with Crippen LogP contribution in [0, 0.1) is 27.9 Å². The van der Waals surface area contributed by atoms with Crippen molar-refractivity contribution in [1.29, 1.82) is 0 Å². The molecule has 21 heavy (non-hydrogen) atoms. The van der Waals surface area contributed by atoms with Gasteiger partial charge in [-0.1, -0.05) is 27.7 Å². The van der Waals surface area contributed by atoms with E-state index in [-0.39, 0.29) is 11.5 Å². The molecular weight excluding hydrogens is 270 g/mol. The van der Waals surface area contributed by atoms with E-state index in [9.17, 15) is 10.1 Å². The first-order valence-electron chi connectivity index (χ1n) is 7.35. The number of nitrogens with zero attached hydrogens (tertiary/aromatic N) is 3. The van der Waals surface area contributed by atoms with Crippen LogP contribution in [0.1, 0.15) is 34.6 Å². The third-order valence-corrected chi connectivity index (χ3v) is 3.52. The van der Waals surface area contributed by atoms with Crippen molar-refractivity contribution in [3.63, 3.8) is 0 Å². The summed E-state index contributed by atoms with van der Waals surface area (Å²) in [6, 6.07) is 0. The molecule has 0 amide bonds. The Balaban J connectivity index is 2.93. The van der Waals surface area contributed by atoms with E-state index in [0.29, 0.717) is 36.8 Å². The third-order valence-electron chi connectivity index (χ3n) is 3.52. The minimum absolute atomic E-state index is 0.0945. The Morgan fingerprint density at radius 1 is 1.24 bits per heavy atom. The van der Waals surface area contributed by atoms with Gasteiger partial charge in [0.1, 0.15) is 6.20 Å². The van der Waals surface area contributed by atoms with E-state index in [4.69, 9.17) is 0 Å². The normalized spacial score (nSPS) is 11.2. The van der Waals surface area contributed by atoms with Gasteiger partial charge >= 0.3 is 5.69 Å². The van der Waals surface area contributed by atoms with Crippen molar-refractivity contribution in [1.82, 2.24) is 9.97 Å². The average molecular weight is 295 g/mol. The molecule has 0 saturated carbocycles. The first-order chi connectivity index (χ1) is 9.86. The standard InChI is InChI=1S/C14H25N5O2/c1-6-15-14-17-8-12(19(20)21)13(18-14)16-7-11(9(2)3)10(4)5/h8-11H,6-7H2,1-5H3,(H2,15,16,17,18). The van der Waals surface area contributed by atoms with E-state index < -0.39 is 4.92 Å². The molecule has 0 bridgehead atoms. The minimum atomic E-state index is -0.461. The Labute approximate surface area is 125 Å². The fourth-order valence-electron chi connectivity index (χ4n) is 2.34. The smallest absolute Gasteiger partial charge is 0.329 e. The van der Waals surface area contributed by atoms with Crippen molar-refractivity contribution in [2.75, 3.05) is 23.7 Å². The highest BCUT2D eigenvalue weighted by atomic mass is 16.6. The number of nitrogens with one attached hydrogen (secondary N) is 2. The van der Waals surface area contributed by atoms with Crippen LogP contribution in [0.15, 0.2) is 6.20 Å². The van der Waals surface area contributed by atoms with Gasteiger partial charge in [-0.2, -0.15) is 4.98 Å². The van der Waals surface area contributed by atoms with Gasteiger partial charge in [-0.25, -0.2) is 4.98 Å². The maximum absolute atomic E-state index is 11.1. The van der Waals surface area contributed by atoms with Crippen molar-refractivity contribution in [3.8, 4) is 0 Å². The predicted octanol–water partition coefficient (Wildman–Crippen LogP) is 3.16. The number of hydrogen-bond acceptors (Lipinski definition) is 6. The zero-order chi connectivity index (χ0) is 16.0. The molecule has 1 heterocycles. The molecule has 2 N–H and O–H groups in total. The summed E-state index contributed by atoms with van der Waals surface area (Å²) < 4.78 is 0. The summed E-state index contributed by atoms with van der Waals surface area (Å²) in [6.07, 6.45) is 1.24. The fourth-order valence-corrected chi connectivity index (χ4v) is 2.34. The van der Waals surface area contributed by atoms with Crippen LogP contribution in [-0.2, 0) is 0 Å². The summed E-state index contributed by atoms with van der Waals surface area (Å²) in [6.45, 7) is 11.9. The van der Waals surface area contributed by atoms with Crippen LogP contribution in [0.3, 0.4) is 0 Å². The van der Waals surface area contributed by atoms with Crippen molar-refractivity contribution in [2.24, 2.45) is 17.8 Å². The summed E-state index contributed by atoms with van der Waals surface area (Å²) in [5, 5.41) is 17.2. The van der Waals surface area contributed by atoms with Crippen LogP contribution in [0.25, 0.3) is 0 Å². The first kappa shape index (κ1) is 17.1. The van der Waals surface area contributed by atoms with Crippen LogP contribution in [0.5, 0.6) is 0 Å². The molecule has 0 fully saturated rings. The summed E-state index contributed by atoms with van der Waals surface area (Å²) in [5.41, 5.74) is -0.0945. The highest BCUT2D eigenvalue weighted by Crippen LogP contribution is 2.25. The lowest BCUT2D eigenvalue weighted by atomic mass is 9.85. The lowest BCUT2D eigenvalue weighted by molar-refractivity contribution is -0.384. The maximum atomic E-state index is 11.1. The molecule has 0 unspecified atom stereocenters. The lowest BCUT2D eigenvalue weighted by Crippen LogP contribution is -2.25. The monoisotopic (exact) mass is 295 g/mol. The predicted molar refractivity (Wildman–Crippen MR) is 84.5 cm³/mol. The molecule has 7 nitrogen and oxygen atoms in total. The maximum Gasteiger partial charge on any atom is 0.329 e. The van der Waals surface area contributed by atoms with Crippen LogP contribution in [-0.4, -0.2) is 28.0 Å². The second kappa shape index (κ2) is 7.75. The number of anilines is 2. The minimum Gasteiger partial charge on any atom is -0.364 e. The molecule has 1 aromatic heterocycles. The van der Waals surface area contributed by atoms with E-state index in [1.54, 1.807) is 0 Å². The van der Waals surface area contributed by atoms with Gasteiger partial charge in [0.05, 0.1) is 4.92 Å². The second-order valence-corrected chi connectivity index (χ2v) is 5.75. The van der Waals surface area contributed by atoms with Gasteiger partial charge < -0.3 is 10.6 Å². The summed E-state index contributed by atoms with van der Waals surface area (Å²) in [5.74, 6) is 2.08. The lowest BCUT2D eigenvalue weighted by Gasteiger charge is -2.25. The van der Waals surface area contributed by atoms with E-state index in [1.807, 2.05) is 6.92 Å². The number of nitro groups is 1. The summed E-state index contributed by atoms with van der Waals surface area (Å²) in [7, 11) is 0. The molecule has 1 aromatic rings. The number of aromatic nitrogens is 2. The Kier molecular flexibility index (Phi) is 6.33. The van der Waals surface area contributed by atoms with Crippen molar-refractivity contribution in [2.45, 2.75) is 34.6 Å². The Bertz CT molecular complexity index is 468. The molecule has 0 radical (unpaired) electrons. The molecule has 0 saturated heterocycles. The fraction of sp³-hybridized carbons (Fsp3) is 0.714. The average Bonchev–Trinajstić information content (AvgIpc) is 2.38. The Morgan fingerprint density at radius 2 is 1.86 bits per heavy atom. The van der Waals surface area contributed by atoms with Crippen molar-refractivity contribution >= 4 is 17.5 Å². The van der Waals surface area contributed by atoms with Gasteiger partial charge in [0.25, 0.3) is 0 Å². The van der Waals surface area contributed by atoms with Crippen LogP contribution < -0.4 is 10.6 Å². The topological polar surface area (TPSA) is 93.0 Å². The van der Waals surface area contributed by atoms with E-state index in [1.165, 1.54) is 6.20 Å². The van der Waals surface area contributed by atoms with Gasteiger partial charge in [0, 0.05) is 13.1 Å². The summed E-state index contributed by atoms with van der Waals surface area (Å²) >= 11 is 0. The quantitative estimate of drug-likeness (QED) is 0.565. The molecule has 0 aliphatic carbocycles. The summed E-state index contributed by atoms with van der Waals surface area (Å²) in [4.78, 5) is 18.8. The zero-order valence-electron chi connectivity index (χ0n) is 13.4. The van der Waals surface area contributed by atoms with Gasteiger partial charge in [-0.15, -0.1) is 0 Å². The van der Waals surface area contributed by atoms with Crippen molar-refractivity contribution in [3.05, 3.63) is 16.3 Å². The van der Waals surface area contributed by atoms with Gasteiger partial charge in [-0.3, -0.25) is 10.1 Å². The van der Waals surface area contributed by atoms with Gasteiger partial charge in [-0.05, 0) is 24.7 Å². The Hall–Kier alpha value is -1.92. The van der Waals surface area contributed by atoms with Gasteiger partial charge in [0.2, 0.25) is 11.8 Å². The van der Waals surface area contributed by atoms with Crippen molar-refractivity contribution < 1.29 is 4.92 Å². The SMILES string of the molecule is CCNc1ncc([N+](=O)[O-])c(NCC(C(C)C)C(C)C)n1. The molecule has 0 aromatic carbocycles. The molecule has 0 aliphatic heterocycles. The molecule has 0 atom stereocenters. The molecular formula is C14H25N5O2. The number of rotatable bonds is 8. The second-order valence-electron chi connectivity index (χ2n) is 5.75. The Morgan fingerprint density at radius 3 is 2.33 bits per heavy atom. The molecule has 0 aliphatic rings. The van der Waals surface area contributed by atoms with E-state index in [2.05, 4.69) is 48.3 Å².